The van der Waals surface area contributed by atoms with Crippen LogP contribution >= 0.6 is 0 Å². The molecular weight excluding hydrogens is 283 g/mol. The topological polar surface area (TPSA) is 109 Å². The molecule has 0 aliphatic carbocycles. The summed E-state index contributed by atoms with van der Waals surface area (Å²) >= 11 is 0. The van der Waals surface area contributed by atoms with Gasteiger partial charge in [0.05, 0.1) is 0 Å². The monoisotopic (exact) mass is 286 g/mol. The predicted molar refractivity (Wildman–Crippen MR) is 40.1 cm³/mol. The summed E-state index contributed by atoms with van der Waals surface area (Å²) < 4.78 is 102. The van der Waals surface area contributed by atoms with Gasteiger partial charge >= 0.3 is 60.3 Å². The van der Waals surface area contributed by atoms with Crippen LogP contribution in [0.2, 0.25) is 0 Å². The molecule has 0 heterocycles. The van der Waals surface area contributed by atoms with Gasteiger partial charge in [-0.15, -0.1) is 0 Å². The maximum absolute atomic E-state index is 12.1. The Balaban J connectivity index is 0. The van der Waals surface area contributed by atoms with E-state index in [1.165, 1.54) is 0 Å². The molecule has 0 aliphatic heterocycles. The van der Waals surface area contributed by atoms with Gasteiger partial charge in [-0.1, -0.05) is 0 Å². The maximum atomic E-state index is 12.1. The predicted octanol–water partition coefficient (Wildman–Crippen LogP) is -0.701. The normalized spacial score (nSPS) is 14.5. The summed E-state index contributed by atoms with van der Waals surface area (Å²) in [5.74, 6) is 0. The van der Waals surface area contributed by atoms with Crippen LogP contribution in [0.3, 0.4) is 0 Å². The van der Waals surface area contributed by atoms with E-state index in [2.05, 4.69) is 0 Å². The van der Waals surface area contributed by atoms with Crippen molar-refractivity contribution in [3.63, 3.8) is 0 Å². The van der Waals surface area contributed by atoms with Gasteiger partial charge in [0.2, 0.25) is 0 Å². The third-order valence-corrected chi connectivity index (χ3v) is 2.92. The molecule has 0 aliphatic rings. The minimum atomic E-state index is -6.67. The van der Waals surface area contributed by atoms with Crippen LogP contribution in [-0.4, -0.2) is 66.0 Å². The molecule has 0 fully saturated rings. The van der Waals surface area contributed by atoms with Crippen molar-refractivity contribution in [3.8, 4) is 0 Å². The molecule has 0 aromatic carbocycles. The summed E-state index contributed by atoms with van der Waals surface area (Å²) in [6.07, 6.45) is 0. The van der Waals surface area contributed by atoms with E-state index in [0.29, 0.717) is 0 Å². The van der Waals surface area contributed by atoms with E-state index in [4.69, 9.17) is 9.11 Å². The third-order valence-electron chi connectivity index (χ3n) is 0.987. The molecule has 0 atom stereocenters. The van der Waals surface area contributed by atoms with E-state index in [-0.39, 0.29) is 29.6 Å². The van der Waals surface area contributed by atoms with Gasteiger partial charge in [0.15, 0.2) is 0 Å². The molecule has 6 nitrogen and oxygen atoms in total. The number of rotatable bonds is 3. The van der Waals surface area contributed by atoms with Crippen LogP contribution in [0.25, 0.3) is 0 Å². The van der Waals surface area contributed by atoms with Crippen LogP contribution in [-0.2, 0) is 20.2 Å². The number of hydrogen-bond acceptors (Lipinski definition) is 4. The summed E-state index contributed by atoms with van der Waals surface area (Å²) in [5, 5.41) is -12.7. The first kappa shape index (κ1) is 17.9. The average Bonchev–Trinajstić information content (AvgIpc) is 1.81. The van der Waals surface area contributed by atoms with E-state index < -0.39 is 30.7 Å². The fourth-order valence-electron chi connectivity index (χ4n) is 0.300. The molecule has 13 heteroatoms. The Hall–Kier alpha value is 0.540. The van der Waals surface area contributed by atoms with Gasteiger partial charge < -0.3 is 0 Å². The molecule has 0 radical (unpaired) electrons. The number of halogens is 4. The Morgan fingerprint density at radius 3 is 0.933 bits per heavy atom. The summed E-state index contributed by atoms with van der Waals surface area (Å²) in [7, 11) is -13.3. The van der Waals surface area contributed by atoms with Crippen LogP contribution in [0, 0.1) is 0 Å². The van der Waals surface area contributed by atoms with Crippen LogP contribution in [0.5, 0.6) is 0 Å². The average molecular weight is 286 g/mol. The van der Waals surface area contributed by atoms with E-state index >= 15 is 0 Å². The Labute approximate surface area is 103 Å². The summed E-state index contributed by atoms with van der Waals surface area (Å²) in [6, 6.07) is 0. The van der Waals surface area contributed by atoms with Crippen molar-refractivity contribution in [2.75, 3.05) is 0 Å². The van der Waals surface area contributed by atoms with Gasteiger partial charge in [0.1, 0.15) is 0 Å². The Morgan fingerprint density at radius 1 is 0.733 bits per heavy atom. The molecule has 0 saturated heterocycles. The van der Waals surface area contributed by atoms with Gasteiger partial charge in [0.25, 0.3) is 0 Å². The second-order valence-electron chi connectivity index (χ2n) is 1.98. The minimum absolute atomic E-state index is 0. The molecule has 0 unspecified atom stereocenters. The van der Waals surface area contributed by atoms with Gasteiger partial charge in [-0.3, -0.25) is 9.11 Å². The van der Waals surface area contributed by atoms with Gasteiger partial charge in [-0.05, 0) is 0 Å². The Morgan fingerprint density at radius 2 is 0.867 bits per heavy atom. The van der Waals surface area contributed by atoms with E-state index in [9.17, 15) is 34.4 Å². The van der Waals surface area contributed by atoms with Crippen molar-refractivity contribution in [3.05, 3.63) is 0 Å². The van der Waals surface area contributed by atoms with E-state index in [1.807, 2.05) is 0 Å². The quantitative estimate of drug-likeness (QED) is 0.403. The summed E-state index contributed by atoms with van der Waals surface area (Å²) in [5.41, 5.74) is 0. The molecular formula is C2H3F4NaO6S2. The molecule has 2 N–H and O–H groups in total. The van der Waals surface area contributed by atoms with Crippen LogP contribution in [0.15, 0.2) is 0 Å². The van der Waals surface area contributed by atoms with Crippen LogP contribution in [0.1, 0.15) is 0 Å². The molecule has 0 amide bonds. The summed E-state index contributed by atoms with van der Waals surface area (Å²) in [4.78, 5) is 0. The van der Waals surface area contributed by atoms with E-state index in [1.54, 1.807) is 0 Å². The second-order valence-corrected chi connectivity index (χ2v) is 4.91. The molecule has 0 spiro atoms. The summed E-state index contributed by atoms with van der Waals surface area (Å²) in [6.45, 7) is 0. The first-order chi connectivity index (χ1) is 5.75. The Bertz CT molecular complexity index is 382. The molecule has 0 saturated carbocycles. The number of hydrogen-bond donors (Lipinski definition) is 2. The first-order valence-corrected chi connectivity index (χ1v) is 5.33. The molecule has 88 valence electrons. The standard InChI is InChI=1S/C2H2F4O6S2.Na.H/c3-1(4,13(7,8)9)2(5,6)14(10,11)12;;/h(H,7,8,9)(H,10,11,12);;. The molecule has 0 aromatic heterocycles. The van der Waals surface area contributed by atoms with Gasteiger partial charge in [-0.25, -0.2) is 0 Å². The van der Waals surface area contributed by atoms with Crippen molar-refractivity contribution in [1.29, 1.82) is 0 Å². The second kappa shape index (κ2) is 4.43. The van der Waals surface area contributed by atoms with E-state index in [0.717, 1.165) is 0 Å². The Kier molecular flexibility index (Phi) is 5.29. The molecule has 15 heavy (non-hydrogen) atoms. The zero-order valence-electron chi connectivity index (χ0n) is 5.86. The van der Waals surface area contributed by atoms with Crippen molar-refractivity contribution in [1.82, 2.24) is 0 Å². The fourth-order valence-corrected chi connectivity index (χ4v) is 1.53. The van der Waals surface area contributed by atoms with Gasteiger partial charge in [0, 0.05) is 0 Å². The molecule has 0 bridgehead atoms. The third kappa shape index (κ3) is 3.01. The molecule has 0 aromatic rings. The van der Waals surface area contributed by atoms with Crippen molar-refractivity contribution in [2.45, 2.75) is 10.5 Å². The van der Waals surface area contributed by atoms with Crippen LogP contribution in [0.4, 0.5) is 17.6 Å². The van der Waals surface area contributed by atoms with Crippen molar-refractivity contribution < 1.29 is 43.5 Å². The number of alkyl halides is 4. The zero-order valence-corrected chi connectivity index (χ0v) is 7.49. The molecule has 0 rings (SSSR count). The fraction of sp³-hybridized carbons (Fsp3) is 1.00. The zero-order chi connectivity index (χ0) is 12.0. The van der Waals surface area contributed by atoms with Crippen molar-refractivity contribution in [2.24, 2.45) is 0 Å². The first-order valence-electron chi connectivity index (χ1n) is 2.45. The van der Waals surface area contributed by atoms with Gasteiger partial charge in [-0.2, -0.15) is 34.4 Å². The van der Waals surface area contributed by atoms with Crippen LogP contribution < -0.4 is 0 Å². The van der Waals surface area contributed by atoms with Crippen molar-refractivity contribution >= 4 is 49.8 Å². The SMILES string of the molecule is O=S(=O)(O)C(F)(F)C(F)(F)S(=O)(=O)O.[NaH].